The van der Waals surface area contributed by atoms with E-state index in [1.807, 2.05) is 49.4 Å². The number of thioether (sulfide) groups is 1. The van der Waals surface area contributed by atoms with Crippen molar-refractivity contribution < 1.29 is 14.3 Å². The van der Waals surface area contributed by atoms with E-state index in [0.29, 0.717) is 28.2 Å². The van der Waals surface area contributed by atoms with Gasteiger partial charge in [0.15, 0.2) is 0 Å². The topological polar surface area (TPSA) is 47.6 Å². The number of nitrogens with one attached hydrogen (secondary N) is 1. The molecule has 0 atom stereocenters. The van der Waals surface area contributed by atoms with Crippen LogP contribution in [0, 0.1) is 6.92 Å². The van der Waals surface area contributed by atoms with Crippen molar-refractivity contribution in [2.45, 2.75) is 6.92 Å². The predicted molar refractivity (Wildman–Crippen MR) is 113 cm³/mol. The summed E-state index contributed by atoms with van der Waals surface area (Å²) in [6.07, 6.45) is 1.78. The number of hydrogen-bond donors (Lipinski definition) is 1. The van der Waals surface area contributed by atoms with E-state index in [2.05, 4.69) is 21.2 Å². The average molecular weight is 450 g/mol. The lowest BCUT2D eigenvalue weighted by molar-refractivity contribution is -0.115. The van der Waals surface area contributed by atoms with E-state index in [-0.39, 0.29) is 5.91 Å². The zero-order chi connectivity index (χ0) is 18.5. The van der Waals surface area contributed by atoms with Crippen molar-refractivity contribution in [3.05, 3.63) is 63.0 Å². The van der Waals surface area contributed by atoms with Crippen molar-refractivity contribution in [2.75, 3.05) is 13.2 Å². The van der Waals surface area contributed by atoms with E-state index in [4.69, 9.17) is 21.7 Å². The Kier molecular flexibility index (Phi) is 6.34. The van der Waals surface area contributed by atoms with Crippen LogP contribution in [-0.2, 0) is 4.79 Å². The fourth-order valence-electron chi connectivity index (χ4n) is 2.34. The molecular weight excluding hydrogens is 434 g/mol. The number of ether oxygens (including phenoxy) is 2. The summed E-state index contributed by atoms with van der Waals surface area (Å²) in [5.41, 5.74) is 1.95. The molecule has 7 heteroatoms. The lowest BCUT2D eigenvalue weighted by Crippen LogP contribution is -2.17. The molecular formula is C19H16BrNO3S2. The molecule has 1 heterocycles. The molecule has 1 saturated heterocycles. The van der Waals surface area contributed by atoms with Gasteiger partial charge in [0.05, 0.1) is 4.91 Å². The van der Waals surface area contributed by atoms with Gasteiger partial charge in [-0.15, -0.1) is 0 Å². The van der Waals surface area contributed by atoms with E-state index in [1.54, 1.807) is 6.08 Å². The van der Waals surface area contributed by atoms with Gasteiger partial charge in [-0.05, 0) is 48.9 Å². The van der Waals surface area contributed by atoms with Crippen LogP contribution in [0.25, 0.3) is 6.08 Å². The third-order valence-electron chi connectivity index (χ3n) is 3.50. The molecule has 0 aliphatic carbocycles. The van der Waals surface area contributed by atoms with Gasteiger partial charge in [0.1, 0.15) is 29.0 Å². The number of rotatable bonds is 6. The molecule has 0 aromatic heterocycles. The van der Waals surface area contributed by atoms with E-state index >= 15 is 0 Å². The first-order valence-electron chi connectivity index (χ1n) is 7.88. The van der Waals surface area contributed by atoms with Crippen LogP contribution in [0.5, 0.6) is 11.5 Å². The molecule has 0 saturated carbocycles. The third kappa shape index (κ3) is 5.09. The van der Waals surface area contributed by atoms with Crippen molar-refractivity contribution in [3.8, 4) is 11.5 Å². The number of carbonyl (C=O) groups is 1. The van der Waals surface area contributed by atoms with Crippen LogP contribution in [-0.4, -0.2) is 23.4 Å². The zero-order valence-electron chi connectivity index (χ0n) is 14.0. The first kappa shape index (κ1) is 18.9. The molecule has 0 radical (unpaired) electrons. The Labute approximate surface area is 170 Å². The summed E-state index contributed by atoms with van der Waals surface area (Å²) in [6.45, 7) is 2.84. The van der Waals surface area contributed by atoms with Crippen molar-refractivity contribution in [3.63, 3.8) is 0 Å². The normalized spacial score (nSPS) is 15.2. The fraction of sp³-hybridized carbons (Fsp3) is 0.158. The SMILES string of the molecule is Cc1cccc(OCCOc2ccc(Br)cc2C=C2SC(=S)NC2=O)c1. The maximum Gasteiger partial charge on any atom is 0.263 e. The van der Waals surface area contributed by atoms with Crippen molar-refractivity contribution in [1.82, 2.24) is 5.32 Å². The maximum atomic E-state index is 11.9. The Bertz CT molecular complexity index is 883. The van der Waals surface area contributed by atoms with Gasteiger partial charge in [-0.25, -0.2) is 0 Å². The number of benzene rings is 2. The minimum absolute atomic E-state index is 0.186. The number of carbonyl (C=O) groups excluding carboxylic acids is 1. The highest BCUT2D eigenvalue weighted by atomic mass is 79.9. The van der Waals surface area contributed by atoms with Gasteiger partial charge in [-0.3, -0.25) is 4.79 Å². The second-order valence-corrected chi connectivity index (χ2v) is 8.18. The number of halogens is 1. The summed E-state index contributed by atoms with van der Waals surface area (Å²) in [5.74, 6) is 1.31. The smallest absolute Gasteiger partial charge is 0.263 e. The van der Waals surface area contributed by atoms with Gasteiger partial charge in [-0.1, -0.05) is 52.0 Å². The molecule has 2 aromatic carbocycles. The van der Waals surface area contributed by atoms with Crippen molar-refractivity contribution in [2.24, 2.45) is 0 Å². The Morgan fingerprint density at radius 1 is 1.19 bits per heavy atom. The Morgan fingerprint density at radius 2 is 2.00 bits per heavy atom. The molecule has 1 amide bonds. The monoisotopic (exact) mass is 449 g/mol. The average Bonchev–Trinajstić information content (AvgIpc) is 2.90. The largest absolute Gasteiger partial charge is 0.490 e. The number of amides is 1. The molecule has 2 aromatic rings. The van der Waals surface area contributed by atoms with Crippen LogP contribution in [0.3, 0.4) is 0 Å². The summed E-state index contributed by atoms with van der Waals surface area (Å²) in [4.78, 5) is 12.4. The van der Waals surface area contributed by atoms with E-state index in [9.17, 15) is 4.79 Å². The number of hydrogen-bond acceptors (Lipinski definition) is 5. The molecule has 4 nitrogen and oxygen atoms in total. The molecule has 0 spiro atoms. The third-order valence-corrected chi connectivity index (χ3v) is 5.16. The number of thiocarbonyl (C=S) groups is 1. The van der Waals surface area contributed by atoms with Gasteiger partial charge in [0, 0.05) is 10.0 Å². The van der Waals surface area contributed by atoms with Gasteiger partial charge in [0.2, 0.25) is 0 Å². The quantitative estimate of drug-likeness (QED) is 0.393. The highest BCUT2D eigenvalue weighted by Crippen LogP contribution is 2.31. The maximum absolute atomic E-state index is 11.9. The lowest BCUT2D eigenvalue weighted by Gasteiger charge is -2.11. The summed E-state index contributed by atoms with van der Waals surface area (Å²) in [7, 11) is 0. The summed E-state index contributed by atoms with van der Waals surface area (Å²) in [5, 5.41) is 2.61. The van der Waals surface area contributed by atoms with Gasteiger partial charge in [0.25, 0.3) is 5.91 Å². The van der Waals surface area contributed by atoms with Gasteiger partial charge in [-0.2, -0.15) is 0 Å². The van der Waals surface area contributed by atoms with Gasteiger partial charge < -0.3 is 14.8 Å². The molecule has 134 valence electrons. The van der Waals surface area contributed by atoms with Crippen LogP contribution in [0.4, 0.5) is 0 Å². The summed E-state index contributed by atoms with van der Waals surface area (Å²) >= 11 is 9.72. The second-order valence-electron chi connectivity index (χ2n) is 5.55. The molecule has 1 fully saturated rings. The van der Waals surface area contributed by atoms with E-state index in [0.717, 1.165) is 21.3 Å². The highest BCUT2D eigenvalue weighted by Gasteiger charge is 2.22. The number of aryl methyl sites for hydroxylation is 1. The van der Waals surface area contributed by atoms with Crippen LogP contribution in [0.1, 0.15) is 11.1 Å². The Hall–Kier alpha value is -1.83. The minimum atomic E-state index is -0.186. The lowest BCUT2D eigenvalue weighted by atomic mass is 10.2. The van der Waals surface area contributed by atoms with E-state index in [1.165, 1.54) is 11.8 Å². The second kappa shape index (κ2) is 8.70. The Balaban J connectivity index is 1.65. The molecule has 0 unspecified atom stereocenters. The van der Waals surface area contributed by atoms with Crippen LogP contribution < -0.4 is 14.8 Å². The fourth-order valence-corrected chi connectivity index (χ4v) is 3.76. The highest BCUT2D eigenvalue weighted by molar-refractivity contribution is 9.10. The molecule has 1 N–H and O–H groups in total. The molecule has 26 heavy (non-hydrogen) atoms. The van der Waals surface area contributed by atoms with Gasteiger partial charge >= 0.3 is 0 Å². The first-order chi connectivity index (χ1) is 12.5. The molecule has 0 bridgehead atoms. The standard InChI is InChI=1S/C19H16BrNO3S2/c1-12-3-2-4-15(9-12)23-7-8-24-16-6-5-14(20)10-13(16)11-17-18(22)21-19(25)26-17/h2-6,9-11H,7-8H2,1H3,(H,21,22,25). The summed E-state index contributed by atoms with van der Waals surface area (Å²) in [6, 6.07) is 13.5. The van der Waals surface area contributed by atoms with Crippen LogP contribution in [0.2, 0.25) is 0 Å². The summed E-state index contributed by atoms with van der Waals surface area (Å²) < 4.78 is 12.9. The molecule has 1 aliphatic rings. The van der Waals surface area contributed by atoms with Crippen molar-refractivity contribution in [1.29, 1.82) is 0 Å². The predicted octanol–water partition coefficient (Wildman–Crippen LogP) is 4.70. The van der Waals surface area contributed by atoms with Crippen LogP contribution in [0.15, 0.2) is 51.8 Å². The minimum Gasteiger partial charge on any atom is -0.490 e. The van der Waals surface area contributed by atoms with Crippen LogP contribution >= 0.6 is 39.9 Å². The van der Waals surface area contributed by atoms with Crippen molar-refractivity contribution >= 4 is 56.2 Å². The molecule has 3 rings (SSSR count). The van der Waals surface area contributed by atoms with E-state index < -0.39 is 0 Å². The molecule has 1 aliphatic heterocycles. The zero-order valence-corrected chi connectivity index (χ0v) is 17.2. The Morgan fingerprint density at radius 3 is 2.73 bits per heavy atom. The first-order valence-corrected chi connectivity index (χ1v) is 9.90.